The van der Waals surface area contributed by atoms with E-state index >= 15 is 0 Å². The van der Waals surface area contributed by atoms with E-state index in [1.807, 2.05) is 11.8 Å². The summed E-state index contributed by atoms with van der Waals surface area (Å²) in [4.78, 5) is 12.9. The molecule has 1 saturated heterocycles. The monoisotopic (exact) mass is 269 g/mol. The van der Waals surface area contributed by atoms with Crippen LogP contribution in [-0.4, -0.2) is 29.1 Å². The highest BCUT2D eigenvalue weighted by Crippen LogP contribution is 2.32. The van der Waals surface area contributed by atoms with Crippen LogP contribution in [0.1, 0.15) is 25.5 Å². The van der Waals surface area contributed by atoms with Gasteiger partial charge in [-0.05, 0) is 30.5 Å². The van der Waals surface area contributed by atoms with Gasteiger partial charge in [0, 0.05) is 25.2 Å². The highest BCUT2D eigenvalue weighted by atomic mass is 19.1. The van der Waals surface area contributed by atoms with Crippen molar-refractivity contribution in [2.75, 3.05) is 13.1 Å². The third-order valence-electron chi connectivity index (χ3n) is 3.95. The third-order valence-corrected chi connectivity index (χ3v) is 3.95. The summed E-state index contributed by atoms with van der Waals surface area (Å²) in [5.74, 6) is -2.24. The van der Waals surface area contributed by atoms with Crippen LogP contribution >= 0.6 is 0 Å². The first kappa shape index (κ1) is 13.9. The lowest BCUT2D eigenvalue weighted by atomic mass is 9.85. The summed E-state index contributed by atoms with van der Waals surface area (Å²) < 4.78 is 26.3. The molecule has 0 saturated carbocycles. The number of likely N-dealkylation sites (tertiary alicyclic amines) is 1. The molecule has 0 radical (unpaired) electrons. The first-order valence-electron chi connectivity index (χ1n) is 6.31. The first-order chi connectivity index (χ1) is 8.88. The summed E-state index contributed by atoms with van der Waals surface area (Å²) in [5.41, 5.74) is 0.582. The lowest BCUT2D eigenvalue weighted by Crippen LogP contribution is -2.51. The van der Waals surface area contributed by atoms with E-state index in [-0.39, 0.29) is 17.9 Å². The summed E-state index contributed by atoms with van der Waals surface area (Å²) in [7, 11) is 0. The summed E-state index contributed by atoms with van der Waals surface area (Å²) in [5, 5.41) is 8.91. The second-order valence-electron chi connectivity index (χ2n) is 5.22. The van der Waals surface area contributed by atoms with E-state index in [0.29, 0.717) is 18.7 Å². The van der Waals surface area contributed by atoms with Crippen molar-refractivity contribution in [1.29, 1.82) is 0 Å². The van der Waals surface area contributed by atoms with Gasteiger partial charge in [0.05, 0.1) is 5.92 Å². The standard InChI is InChI=1S/C14H17F2NO2/c1-8(14(18)19)11-6-17(7-11)9(2)10-3-12(15)5-13(16)4-10/h3-5,8-9,11H,6-7H2,1-2H3,(H,18,19). The Morgan fingerprint density at radius 2 is 1.79 bits per heavy atom. The highest BCUT2D eigenvalue weighted by Gasteiger charge is 2.37. The van der Waals surface area contributed by atoms with Crippen molar-refractivity contribution in [1.82, 2.24) is 4.90 Å². The lowest BCUT2D eigenvalue weighted by molar-refractivity contribution is -0.146. The maximum Gasteiger partial charge on any atom is 0.306 e. The molecule has 1 N–H and O–H groups in total. The van der Waals surface area contributed by atoms with Crippen molar-refractivity contribution in [3.8, 4) is 0 Å². The van der Waals surface area contributed by atoms with Gasteiger partial charge < -0.3 is 5.11 Å². The van der Waals surface area contributed by atoms with E-state index in [9.17, 15) is 13.6 Å². The van der Waals surface area contributed by atoms with Crippen LogP contribution in [-0.2, 0) is 4.79 Å². The van der Waals surface area contributed by atoms with Gasteiger partial charge in [-0.15, -0.1) is 0 Å². The predicted molar refractivity (Wildman–Crippen MR) is 66.6 cm³/mol. The Morgan fingerprint density at radius 3 is 2.26 bits per heavy atom. The van der Waals surface area contributed by atoms with Gasteiger partial charge in [0.2, 0.25) is 0 Å². The minimum absolute atomic E-state index is 0.109. The molecule has 104 valence electrons. The predicted octanol–water partition coefficient (Wildman–Crippen LogP) is 2.68. The molecule has 0 aliphatic carbocycles. The van der Waals surface area contributed by atoms with Crippen LogP contribution in [0.2, 0.25) is 0 Å². The molecule has 0 amide bonds. The minimum Gasteiger partial charge on any atom is -0.481 e. The van der Waals surface area contributed by atoms with E-state index in [0.717, 1.165) is 6.07 Å². The van der Waals surface area contributed by atoms with Gasteiger partial charge in [-0.2, -0.15) is 0 Å². The molecule has 1 aliphatic rings. The molecule has 2 atom stereocenters. The quantitative estimate of drug-likeness (QED) is 0.913. The van der Waals surface area contributed by atoms with Crippen molar-refractivity contribution in [3.05, 3.63) is 35.4 Å². The largest absolute Gasteiger partial charge is 0.481 e. The molecule has 1 heterocycles. The van der Waals surface area contributed by atoms with Crippen LogP contribution in [0.4, 0.5) is 8.78 Å². The summed E-state index contributed by atoms with van der Waals surface area (Å²) in [6.45, 7) is 4.85. The molecular weight excluding hydrogens is 252 g/mol. The van der Waals surface area contributed by atoms with Crippen LogP contribution in [0.5, 0.6) is 0 Å². The highest BCUT2D eigenvalue weighted by molar-refractivity contribution is 5.70. The Hall–Kier alpha value is -1.49. The van der Waals surface area contributed by atoms with Crippen LogP contribution < -0.4 is 0 Å². The maximum atomic E-state index is 13.1. The van der Waals surface area contributed by atoms with Gasteiger partial charge >= 0.3 is 5.97 Å². The topological polar surface area (TPSA) is 40.5 Å². The van der Waals surface area contributed by atoms with E-state index in [4.69, 9.17) is 5.11 Å². The zero-order chi connectivity index (χ0) is 14.2. The van der Waals surface area contributed by atoms with Crippen molar-refractivity contribution in [3.63, 3.8) is 0 Å². The Kier molecular flexibility index (Phi) is 3.85. The normalized spacial score (nSPS) is 19.8. The van der Waals surface area contributed by atoms with Gasteiger partial charge in [0.25, 0.3) is 0 Å². The van der Waals surface area contributed by atoms with E-state index in [1.165, 1.54) is 12.1 Å². The smallest absolute Gasteiger partial charge is 0.306 e. The Morgan fingerprint density at radius 1 is 1.26 bits per heavy atom. The number of carboxylic acids is 1. The zero-order valence-corrected chi connectivity index (χ0v) is 10.9. The average molecular weight is 269 g/mol. The molecular formula is C14H17F2NO2. The molecule has 5 heteroatoms. The first-order valence-corrected chi connectivity index (χ1v) is 6.31. The lowest BCUT2D eigenvalue weighted by Gasteiger charge is -2.45. The van der Waals surface area contributed by atoms with Gasteiger partial charge in [0.15, 0.2) is 0 Å². The zero-order valence-electron chi connectivity index (χ0n) is 10.9. The summed E-state index contributed by atoms with van der Waals surface area (Å²) in [6.07, 6.45) is 0. The van der Waals surface area contributed by atoms with Gasteiger partial charge in [-0.3, -0.25) is 9.69 Å². The fourth-order valence-electron chi connectivity index (χ4n) is 2.41. The molecule has 3 nitrogen and oxygen atoms in total. The molecule has 1 fully saturated rings. The van der Waals surface area contributed by atoms with Crippen LogP contribution in [0.3, 0.4) is 0 Å². The molecule has 2 unspecified atom stereocenters. The average Bonchev–Trinajstić information content (AvgIpc) is 2.25. The van der Waals surface area contributed by atoms with E-state index in [1.54, 1.807) is 6.92 Å². The molecule has 1 aromatic rings. The number of hydrogen-bond acceptors (Lipinski definition) is 2. The fourth-order valence-corrected chi connectivity index (χ4v) is 2.41. The summed E-state index contributed by atoms with van der Waals surface area (Å²) in [6, 6.07) is 3.38. The molecule has 19 heavy (non-hydrogen) atoms. The summed E-state index contributed by atoms with van der Waals surface area (Å²) >= 11 is 0. The molecule has 0 spiro atoms. The van der Waals surface area contributed by atoms with Crippen LogP contribution in [0, 0.1) is 23.5 Å². The number of benzene rings is 1. The van der Waals surface area contributed by atoms with Gasteiger partial charge in [0.1, 0.15) is 11.6 Å². The number of carboxylic acid groups (broad SMARTS) is 1. The maximum absolute atomic E-state index is 13.1. The third kappa shape index (κ3) is 2.92. The SMILES string of the molecule is CC(C(=O)O)C1CN(C(C)c2cc(F)cc(F)c2)C1. The van der Waals surface area contributed by atoms with Crippen molar-refractivity contribution >= 4 is 5.97 Å². The number of carbonyl (C=O) groups is 1. The number of nitrogens with zero attached hydrogens (tertiary/aromatic N) is 1. The van der Waals surface area contributed by atoms with Crippen molar-refractivity contribution in [2.45, 2.75) is 19.9 Å². The number of halogens is 2. The van der Waals surface area contributed by atoms with Crippen molar-refractivity contribution in [2.24, 2.45) is 11.8 Å². The van der Waals surface area contributed by atoms with E-state index in [2.05, 4.69) is 0 Å². The fraction of sp³-hybridized carbons (Fsp3) is 0.500. The Labute approximate surface area is 110 Å². The minimum atomic E-state index is -0.797. The second-order valence-corrected chi connectivity index (χ2v) is 5.22. The molecule has 2 rings (SSSR count). The molecule has 1 aromatic carbocycles. The number of hydrogen-bond donors (Lipinski definition) is 1. The molecule has 1 aliphatic heterocycles. The Bertz CT molecular complexity index is 466. The van der Waals surface area contributed by atoms with Gasteiger partial charge in [-0.25, -0.2) is 8.78 Å². The van der Waals surface area contributed by atoms with Crippen LogP contribution in [0.25, 0.3) is 0 Å². The Balaban J connectivity index is 1.99. The van der Waals surface area contributed by atoms with E-state index < -0.39 is 17.6 Å². The second kappa shape index (κ2) is 5.25. The molecule has 0 aromatic heterocycles. The van der Waals surface area contributed by atoms with Gasteiger partial charge in [-0.1, -0.05) is 6.92 Å². The van der Waals surface area contributed by atoms with Crippen molar-refractivity contribution < 1.29 is 18.7 Å². The molecule has 0 bridgehead atoms. The number of aliphatic carboxylic acids is 1. The van der Waals surface area contributed by atoms with Crippen LogP contribution in [0.15, 0.2) is 18.2 Å². The number of rotatable bonds is 4.